The normalized spacial score (nSPS) is 11.7. The Labute approximate surface area is 116 Å². The number of methoxy groups -OCH3 is 1. The Balaban J connectivity index is 2.62. The number of carboxylic acids is 1. The van der Waals surface area contributed by atoms with E-state index in [0.717, 1.165) is 17.3 Å². The van der Waals surface area contributed by atoms with Gasteiger partial charge in [0, 0.05) is 0 Å². The molecule has 19 heavy (non-hydrogen) atoms. The topological polar surface area (TPSA) is 75.6 Å². The van der Waals surface area contributed by atoms with Crippen LogP contribution in [0.5, 0.6) is 5.75 Å². The molecule has 0 aliphatic carbocycles. The van der Waals surface area contributed by atoms with Crippen LogP contribution in [-0.2, 0) is 9.59 Å². The van der Waals surface area contributed by atoms with Crippen molar-refractivity contribution in [1.29, 1.82) is 0 Å². The Kier molecular flexibility index (Phi) is 5.69. The van der Waals surface area contributed by atoms with Crippen LogP contribution in [0.2, 0.25) is 0 Å². The number of ether oxygens (including phenoxy) is 1. The first kappa shape index (κ1) is 15.4. The highest BCUT2D eigenvalue weighted by molar-refractivity contribution is 8.01. The van der Waals surface area contributed by atoms with Gasteiger partial charge in [-0.1, -0.05) is 6.07 Å². The van der Waals surface area contributed by atoms with Crippen molar-refractivity contribution in [2.45, 2.75) is 19.1 Å². The summed E-state index contributed by atoms with van der Waals surface area (Å²) in [5.74, 6) is -0.506. The summed E-state index contributed by atoms with van der Waals surface area (Å²) in [5.41, 5.74) is 1.60. The molecule has 0 bridgehead atoms. The standard InChI is InChI=1S/C13H17NO4S/c1-8-4-5-11(18-3)10(6-8)14-12(15)7-19-9(2)13(16)17/h4-6,9H,7H2,1-3H3,(H,14,15)(H,16,17). The zero-order valence-corrected chi connectivity index (χ0v) is 11.9. The van der Waals surface area contributed by atoms with Gasteiger partial charge < -0.3 is 15.2 Å². The van der Waals surface area contributed by atoms with Crippen molar-refractivity contribution in [2.75, 3.05) is 18.2 Å². The van der Waals surface area contributed by atoms with E-state index >= 15 is 0 Å². The molecular formula is C13H17NO4S. The van der Waals surface area contributed by atoms with Crippen molar-refractivity contribution in [3.05, 3.63) is 23.8 Å². The number of carbonyl (C=O) groups is 2. The smallest absolute Gasteiger partial charge is 0.316 e. The zero-order valence-electron chi connectivity index (χ0n) is 11.1. The van der Waals surface area contributed by atoms with Crippen molar-refractivity contribution in [1.82, 2.24) is 0 Å². The number of nitrogens with one attached hydrogen (secondary N) is 1. The maximum absolute atomic E-state index is 11.7. The van der Waals surface area contributed by atoms with Gasteiger partial charge in [0.2, 0.25) is 5.91 Å². The van der Waals surface area contributed by atoms with E-state index in [1.807, 2.05) is 19.1 Å². The largest absolute Gasteiger partial charge is 0.495 e. The molecule has 6 heteroatoms. The van der Waals surface area contributed by atoms with E-state index in [9.17, 15) is 9.59 Å². The molecule has 104 valence electrons. The predicted molar refractivity (Wildman–Crippen MR) is 75.9 cm³/mol. The first-order valence-electron chi connectivity index (χ1n) is 5.73. The van der Waals surface area contributed by atoms with E-state index in [1.165, 1.54) is 7.11 Å². The third kappa shape index (κ3) is 4.82. The van der Waals surface area contributed by atoms with E-state index in [0.29, 0.717) is 11.4 Å². The first-order valence-corrected chi connectivity index (χ1v) is 6.77. The van der Waals surface area contributed by atoms with E-state index in [2.05, 4.69) is 5.32 Å². The summed E-state index contributed by atoms with van der Waals surface area (Å²) >= 11 is 1.08. The van der Waals surface area contributed by atoms with E-state index < -0.39 is 11.2 Å². The van der Waals surface area contributed by atoms with Gasteiger partial charge in [-0.3, -0.25) is 9.59 Å². The highest BCUT2D eigenvalue weighted by atomic mass is 32.2. The summed E-state index contributed by atoms with van der Waals surface area (Å²) in [6, 6.07) is 5.47. The predicted octanol–water partition coefficient (Wildman–Crippen LogP) is 2.15. The summed E-state index contributed by atoms with van der Waals surface area (Å²) < 4.78 is 5.15. The van der Waals surface area contributed by atoms with Gasteiger partial charge in [-0.25, -0.2) is 0 Å². The number of thioether (sulfide) groups is 1. The average molecular weight is 283 g/mol. The highest BCUT2D eigenvalue weighted by Gasteiger charge is 2.14. The molecule has 0 aliphatic heterocycles. The molecule has 0 saturated carbocycles. The molecule has 0 aromatic heterocycles. The molecule has 5 nitrogen and oxygen atoms in total. The zero-order chi connectivity index (χ0) is 14.4. The monoisotopic (exact) mass is 283 g/mol. The molecule has 0 spiro atoms. The Hall–Kier alpha value is -1.69. The molecule has 1 aromatic carbocycles. The molecule has 2 N–H and O–H groups in total. The Morgan fingerprint density at radius 1 is 1.47 bits per heavy atom. The van der Waals surface area contributed by atoms with Gasteiger partial charge in [0.15, 0.2) is 0 Å². The number of hydrogen-bond acceptors (Lipinski definition) is 4. The van der Waals surface area contributed by atoms with Gasteiger partial charge in [-0.05, 0) is 31.5 Å². The molecule has 1 atom stereocenters. The number of carboxylic acid groups (broad SMARTS) is 1. The van der Waals surface area contributed by atoms with Gasteiger partial charge in [0.25, 0.3) is 0 Å². The lowest BCUT2D eigenvalue weighted by atomic mass is 10.2. The molecule has 0 fully saturated rings. The lowest BCUT2D eigenvalue weighted by molar-refractivity contribution is -0.136. The molecule has 1 rings (SSSR count). The Morgan fingerprint density at radius 3 is 2.74 bits per heavy atom. The van der Waals surface area contributed by atoms with Crippen LogP contribution >= 0.6 is 11.8 Å². The van der Waals surface area contributed by atoms with Crippen LogP contribution in [0.1, 0.15) is 12.5 Å². The summed E-state index contributed by atoms with van der Waals surface area (Å²) in [5, 5.41) is 10.8. The third-order valence-electron chi connectivity index (χ3n) is 2.44. The van der Waals surface area contributed by atoms with Crippen molar-refractivity contribution in [3.8, 4) is 5.75 Å². The minimum atomic E-state index is -0.925. The van der Waals surface area contributed by atoms with Gasteiger partial charge in [-0.15, -0.1) is 11.8 Å². The summed E-state index contributed by atoms with van der Waals surface area (Å²) in [6.07, 6.45) is 0. The van der Waals surface area contributed by atoms with Crippen LogP contribution in [0.3, 0.4) is 0 Å². The molecule has 1 amide bonds. The van der Waals surface area contributed by atoms with Crippen LogP contribution in [0.4, 0.5) is 5.69 Å². The van der Waals surface area contributed by atoms with Gasteiger partial charge in [-0.2, -0.15) is 0 Å². The molecule has 0 aliphatic rings. The van der Waals surface area contributed by atoms with E-state index in [4.69, 9.17) is 9.84 Å². The molecule has 1 aromatic rings. The molecular weight excluding hydrogens is 266 g/mol. The number of amides is 1. The molecule has 0 heterocycles. The van der Waals surface area contributed by atoms with E-state index in [1.54, 1.807) is 13.0 Å². The number of anilines is 1. The maximum Gasteiger partial charge on any atom is 0.316 e. The summed E-state index contributed by atoms with van der Waals surface area (Å²) in [7, 11) is 1.53. The number of hydrogen-bond donors (Lipinski definition) is 2. The number of rotatable bonds is 6. The number of aliphatic carboxylic acids is 1. The van der Waals surface area contributed by atoms with Crippen LogP contribution in [0.25, 0.3) is 0 Å². The quantitative estimate of drug-likeness (QED) is 0.836. The average Bonchev–Trinajstić information content (AvgIpc) is 2.36. The fourth-order valence-electron chi connectivity index (χ4n) is 1.38. The number of benzene rings is 1. The Bertz CT molecular complexity index is 476. The van der Waals surface area contributed by atoms with Crippen LogP contribution in [0, 0.1) is 6.92 Å². The first-order chi connectivity index (χ1) is 8.93. The number of aryl methyl sites for hydroxylation is 1. The van der Waals surface area contributed by atoms with Crippen molar-refractivity contribution in [2.24, 2.45) is 0 Å². The minimum Gasteiger partial charge on any atom is -0.495 e. The van der Waals surface area contributed by atoms with Gasteiger partial charge in [0.1, 0.15) is 5.75 Å². The van der Waals surface area contributed by atoms with Gasteiger partial charge >= 0.3 is 5.97 Å². The second-order valence-electron chi connectivity index (χ2n) is 4.04. The lowest BCUT2D eigenvalue weighted by Crippen LogP contribution is -2.19. The lowest BCUT2D eigenvalue weighted by Gasteiger charge is -2.11. The summed E-state index contributed by atoms with van der Waals surface area (Å²) in [6.45, 7) is 3.46. The van der Waals surface area contributed by atoms with Crippen LogP contribution in [-0.4, -0.2) is 35.1 Å². The van der Waals surface area contributed by atoms with Crippen LogP contribution < -0.4 is 10.1 Å². The minimum absolute atomic E-state index is 0.0879. The second kappa shape index (κ2) is 7.04. The fourth-order valence-corrected chi connectivity index (χ4v) is 1.99. The number of carbonyl (C=O) groups excluding carboxylic acids is 1. The highest BCUT2D eigenvalue weighted by Crippen LogP contribution is 2.25. The fraction of sp³-hybridized carbons (Fsp3) is 0.385. The molecule has 1 unspecified atom stereocenters. The Morgan fingerprint density at radius 2 is 2.16 bits per heavy atom. The van der Waals surface area contributed by atoms with Crippen LogP contribution in [0.15, 0.2) is 18.2 Å². The SMILES string of the molecule is COc1ccc(C)cc1NC(=O)CSC(C)C(=O)O. The van der Waals surface area contributed by atoms with E-state index in [-0.39, 0.29) is 11.7 Å². The van der Waals surface area contributed by atoms with Crippen molar-refractivity contribution < 1.29 is 19.4 Å². The summed E-state index contributed by atoms with van der Waals surface area (Å²) in [4.78, 5) is 22.4. The van der Waals surface area contributed by atoms with Gasteiger partial charge in [0.05, 0.1) is 23.8 Å². The van der Waals surface area contributed by atoms with Crippen molar-refractivity contribution in [3.63, 3.8) is 0 Å². The third-order valence-corrected chi connectivity index (χ3v) is 3.57. The second-order valence-corrected chi connectivity index (χ2v) is 5.37. The maximum atomic E-state index is 11.7. The molecule has 0 radical (unpaired) electrons. The van der Waals surface area contributed by atoms with Crippen molar-refractivity contribution >= 4 is 29.3 Å². The molecule has 0 saturated heterocycles.